The second-order valence-corrected chi connectivity index (χ2v) is 5.43. The average Bonchev–Trinajstić information content (AvgIpc) is 3.14. The molecule has 0 saturated carbocycles. The lowest BCUT2D eigenvalue weighted by Crippen LogP contribution is -1.98. The number of anilines is 2. The number of hydrogen-bond donors (Lipinski definition) is 2. The third-order valence-electron chi connectivity index (χ3n) is 3.93. The van der Waals surface area contributed by atoms with Gasteiger partial charge < -0.3 is 10.3 Å². The quantitative estimate of drug-likeness (QED) is 0.587. The summed E-state index contributed by atoms with van der Waals surface area (Å²) in [5.41, 5.74) is 3.94. The number of aromatic nitrogens is 3. The van der Waals surface area contributed by atoms with Gasteiger partial charge in [-0.1, -0.05) is 12.1 Å². The summed E-state index contributed by atoms with van der Waals surface area (Å²) in [6.07, 6.45) is 3.66. The number of halogens is 1. The van der Waals surface area contributed by atoms with Crippen LogP contribution >= 0.6 is 0 Å². The summed E-state index contributed by atoms with van der Waals surface area (Å²) in [6.45, 7) is 0. The molecule has 0 saturated heterocycles. The first-order chi connectivity index (χ1) is 11.2. The number of nitrogens with zero attached hydrogens (tertiary/aromatic N) is 2. The Balaban J connectivity index is 1.66. The van der Waals surface area contributed by atoms with E-state index >= 15 is 0 Å². The first-order valence-electron chi connectivity index (χ1n) is 7.33. The highest BCUT2D eigenvalue weighted by Gasteiger charge is 2.07. The van der Waals surface area contributed by atoms with Gasteiger partial charge in [-0.2, -0.15) is 5.10 Å². The summed E-state index contributed by atoms with van der Waals surface area (Å²) in [5.74, 6) is 0.696. The Hall–Kier alpha value is -3.08. The SMILES string of the molecule is Cn1nccc1Nc1ccc(-c2c[nH]c3cc(F)ccc23)cc1. The van der Waals surface area contributed by atoms with E-state index in [2.05, 4.69) is 15.4 Å². The molecule has 0 spiro atoms. The van der Waals surface area contributed by atoms with Gasteiger partial charge in [0.05, 0.1) is 6.20 Å². The molecule has 0 radical (unpaired) electrons. The van der Waals surface area contributed by atoms with Crippen LogP contribution in [0.1, 0.15) is 0 Å². The summed E-state index contributed by atoms with van der Waals surface area (Å²) in [6, 6.07) is 14.8. The largest absolute Gasteiger partial charge is 0.360 e. The number of hydrogen-bond acceptors (Lipinski definition) is 2. The number of nitrogens with one attached hydrogen (secondary N) is 2. The van der Waals surface area contributed by atoms with E-state index in [0.717, 1.165) is 33.5 Å². The molecule has 0 aliphatic carbocycles. The van der Waals surface area contributed by atoms with E-state index in [1.807, 2.05) is 43.6 Å². The van der Waals surface area contributed by atoms with Gasteiger partial charge in [-0.25, -0.2) is 4.39 Å². The van der Waals surface area contributed by atoms with Crippen molar-refractivity contribution in [3.05, 3.63) is 66.7 Å². The molecule has 23 heavy (non-hydrogen) atoms. The molecule has 4 nitrogen and oxygen atoms in total. The summed E-state index contributed by atoms with van der Waals surface area (Å²) in [7, 11) is 1.89. The molecule has 0 atom stereocenters. The summed E-state index contributed by atoms with van der Waals surface area (Å²) in [4.78, 5) is 3.12. The van der Waals surface area contributed by atoms with E-state index in [9.17, 15) is 4.39 Å². The molecule has 2 aromatic carbocycles. The van der Waals surface area contributed by atoms with Crippen molar-refractivity contribution in [3.8, 4) is 11.1 Å². The molecule has 2 N–H and O–H groups in total. The van der Waals surface area contributed by atoms with Crippen molar-refractivity contribution in [2.24, 2.45) is 7.05 Å². The third kappa shape index (κ3) is 2.46. The molecule has 5 heteroatoms. The predicted octanol–water partition coefficient (Wildman–Crippen LogP) is 4.45. The smallest absolute Gasteiger partial charge is 0.128 e. The number of aryl methyl sites for hydroxylation is 1. The number of fused-ring (bicyclic) bond motifs is 1. The molecule has 0 amide bonds. The summed E-state index contributed by atoms with van der Waals surface area (Å²) < 4.78 is 15.1. The van der Waals surface area contributed by atoms with Crippen LogP contribution in [0.5, 0.6) is 0 Å². The van der Waals surface area contributed by atoms with Gasteiger partial charge >= 0.3 is 0 Å². The van der Waals surface area contributed by atoms with E-state index in [0.29, 0.717) is 0 Å². The molecule has 4 aromatic rings. The predicted molar refractivity (Wildman–Crippen MR) is 90.2 cm³/mol. The zero-order chi connectivity index (χ0) is 15.8. The van der Waals surface area contributed by atoms with Crippen molar-refractivity contribution in [1.82, 2.24) is 14.8 Å². The van der Waals surface area contributed by atoms with Gasteiger partial charge in [-0.05, 0) is 35.9 Å². The molecule has 0 aliphatic heterocycles. The molecule has 114 valence electrons. The van der Waals surface area contributed by atoms with E-state index in [1.54, 1.807) is 16.9 Å². The molecule has 0 bridgehead atoms. The van der Waals surface area contributed by atoms with Crippen LogP contribution in [0.3, 0.4) is 0 Å². The van der Waals surface area contributed by atoms with Gasteiger partial charge in [0.2, 0.25) is 0 Å². The van der Waals surface area contributed by atoms with E-state index < -0.39 is 0 Å². The van der Waals surface area contributed by atoms with Gasteiger partial charge in [0.1, 0.15) is 11.6 Å². The fraction of sp³-hybridized carbons (Fsp3) is 0.0556. The average molecular weight is 306 g/mol. The highest BCUT2D eigenvalue weighted by Crippen LogP contribution is 2.30. The second kappa shape index (κ2) is 5.28. The minimum Gasteiger partial charge on any atom is -0.360 e. The lowest BCUT2D eigenvalue weighted by Gasteiger charge is -2.07. The molecular formula is C18H15FN4. The Bertz CT molecular complexity index is 966. The molecular weight excluding hydrogens is 291 g/mol. The maximum absolute atomic E-state index is 13.3. The van der Waals surface area contributed by atoms with E-state index in [1.165, 1.54) is 12.1 Å². The monoisotopic (exact) mass is 306 g/mol. The fourth-order valence-electron chi connectivity index (χ4n) is 2.71. The lowest BCUT2D eigenvalue weighted by molar-refractivity contribution is 0.629. The maximum Gasteiger partial charge on any atom is 0.128 e. The standard InChI is InChI=1S/C18H15FN4/c1-23-18(8-9-21-23)22-14-5-2-12(3-6-14)16-11-20-17-10-13(19)4-7-15(16)17/h2-11,20,22H,1H3. The van der Waals surface area contributed by atoms with Gasteiger partial charge in [0, 0.05) is 41.5 Å². The Morgan fingerprint density at radius 2 is 1.91 bits per heavy atom. The summed E-state index contributed by atoms with van der Waals surface area (Å²) in [5, 5.41) is 8.46. The lowest BCUT2D eigenvalue weighted by atomic mass is 10.0. The highest BCUT2D eigenvalue weighted by molar-refractivity contribution is 5.95. The zero-order valence-electron chi connectivity index (χ0n) is 12.5. The normalized spacial score (nSPS) is 11.0. The van der Waals surface area contributed by atoms with Crippen molar-refractivity contribution < 1.29 is 4.39 Å². The van der Waals surface area contributed by atoms with Crippen LogP contribution in [0.15, 0.2) is 60.9 Å². The molecule has 0 fully saturated rings. The minimum atomic E-state index is -0.235. The Morgan fingerprint density at radius 1 is 1.09 bits per heavy atom. The summed E-state index contributed by atoms with van der Waals surface area (Å²) >= 11 is 0. The molecule has 2 heterocycles. The fourth-order valence-corrected chi connectivity index (χ4v) is 2.71. The Kier molecular flexibility index (Phi) is 3.12. The van der Waals surface area contributed by atoms with Crippen LogP contribution in [0, 0.1) is 5.82 Å². The third-order valence-corrected chi connectivity index (χ3v) is 3.93. The van der Waals surface area contributed by atoms with E-state index in [-0.39, 0.29) is 5.82 Å². The van der Waals surface area contributed by atoms with Gasteiger partial charge in [-0.3, -0.25) is 4.68 Å². The van der Waals surface area contributed by atoms with Crippen LogP contribution in [-0.2, 0) is 7.05 Å². The van der Waals surface area contributed by atoms with Crippen molar-refractivity contribution >= 4 is 22.4 Å². The van der Waals surface area contributed by atoms with Crippen LogP contribution in [0.2, 0.25) is 0 Å². The molecule has 4 rings (SSSR count). The zero-order valence-corrected chi connectivity index (χ0v) is 12.5. The minimum absolute atomic E-state index is 0.235. The first kappa shape index (κ1) is 13.6. The second-order valence-electron chi connectivity index (χ2n) is 5.43. The Labute approximate surface area is 132 Å². The van der Waals surface area contributed by atoms with Crippen molar-refractivity contribution in [2.75, 3.05) is 5.32 Å². The van der Waals surface area contributed by atoms with Gasteiger partial charge in [0.25, 0.3) is 0 Å². The van der Waals surface area contributed by atoms with Gasteiger partial charge in [-0.15, -0.1) is 0 Å². The Morgan fingerprint density at radius 3 is 2.65 bits per heavy atom. The van der Waals surface area contributed by atoms with Crippen LogP contribution in [0.4, 0.5) is 15.9 Å². The van der Waals surface area contributed by atoms with Crippen molar-refractivity contribution in [1.29, 1.82) is 0 Å². The number of H-pyrrole nitrogens is 1. The molecule has 0 aliphatic rings. The van der Waals surface area contributed by atoms with Gasteiger partial charge in [0.15, 0.2) is 0 Å². The highest BCUT2D eigenvalue weighted by atomic mass is 19.1. The van der Waals surface area contributed by atoms with Crippen LogP contribution < -0.4 is 5.32 Å². The number of benzene rings is 2. The number of aromatic amines is 1. The molecule has 0 unspecified atom stereocenters. The van der Waals surface area contributed by atoms with E-state index in [4.69, 9.17) is 0 Å². The molecule has 2 aromatic heterocycles. The van der Waals surface area contributed by atoms with Crippen molar-refractivity contribution in [3.63, 3.8) is 0 Å². The first-order valence-corrected chi connectivity index (χ1v) is 7.33. The maximum atomic E-state index is 13.3. The van der Waals surface area contributed by atoms with Crippen LogP contribution in [-0.4, -0.2) is 14.8 Å². The van der Waals surface area contributed by atoms with Crippen LogP contribution in [0.25, 0.3) is 22.0 Å². The topological polar surface area (TPSA) is 45.6 Å². The number of rotatable bonds is 3. The van der Waals surface area contributed by atoms with Crippen molar-refractivity contribution in [2.45, 2.75) is 0 Å².